The first-order valence-corrected chi connectivity index (χ1v) is 8.32. The molecule has 144 valence electrons. The number of hydrogen-bond acceptors (Lipinski definition) is 6. The van der Waals surface area contributed by atoms with Gasteiger partial charge in [-0.3, -0.25) is 14.3 Å². The summed E-state index contributed by atoms with van der Waals surface area (Å²) in [4.78, 5) is 36.4. The van der Waals surface area contributed by atoms with E-state index in [1.165, 1.54) is 48.5 Å². The molecule has 2 amide bonds. The van der Waals surface area contributed by atoms with E-state index >= 15 is 0 Å². The van der Waals surface area contributed by atoms with Gasteiger partial charge in [-0.1, -0.05) is 0 Å². The highest BCUT2D eigenvalue weighted by atomic mass is 16.5. The summed E-state index contributed by atoms with van der Waals surface area (Å²) in [5, 5.41) is 9.45. The molecule has 9 nitrogen and oxygen atoms in total. The van der Waals surface area contributed by atoms with Gasteiger partial charge in [0.15, 0.2) is 5.69 Å². The predicted molar refractivity (Wildman–Crippen MR) is 98.8 cm³/mol. The van der Waals surface area contributed by atoms with Crippen LogP contribution >= 0.6 is 0 Å². The minimum absolute atomic E-state index is 0.0774. The lowest BCUT2D eigenvalue weighted by molar-refractivity contribution is 0.0600. The maximum Gasteiger partial charge on any atom is 0.337 e. The van der Waals surface area contributed by atoms with Crippen LogP contribution in [-0.4, -0.2) is 34.7 Å². The molecular weight excluding hydrogens is 364 g/mol. The van der Waals surface area contributed by atoms with Crippen LogP contribution in [0.5, 0.6) is 0 Å². The molecule has 0 saturated carbocycles. The summed E-state index contributed by atoms with van der Waals surface area (Å²) in [5.41, 5.74) is 0.993. The number of amides is 2. The SMILES string of the molecule is COC(=O)c1ccc(C(=O)Nc2cn(C)nc2C(=O)NCc2ccco2)cc1. The second kappa shape index (κ2) is 8.21. The number of anilines is 1. The van der Waals surface area contributed by atoms with Crippen LogP contribution in [0.15, 0.2) is 53.3 Å². The maximum absolute atomic E-state index is 12.5. The average molecular weight is 382 g/mol. The number of furan rings is 1. The van der Waals surface area contributed by atoms with E-state index in [2.05, 4.69) is 20.5 Å². The normalized spacial score (nSPS) is 10.4. The lowest BCUT2D eigenvalue weighted by atomic mass is 10.1. The number of carbonyl (C=O) groups excluding carboxylic acids is 3. The van der Waals surface area contributed by atoms with E-state index in [1.54, 1.807) is 19.2 Å². The third-order valence-electron chi connectivity index (χ3n) is 3.86. The molecule has 0 bridgehead atoms. The number of benzene rings is 1. The third kappa shape index (κ3) is 4.26. The van der Waals surface area contributed by atoms with Crippen molar-refractivity contribution in [2.75, 3.05) is 12.4 Å². The van der Waals surface area contributed by atoms with Crippen LogP contribution < -0.4 is 10.6 Å². The van der Waals surface area contributed by atoms with E-state index in [9.17, 15) is 14.4 Å². The maximum atomic E-state index is 12.5. The molecule has 9 heteroatoms. The fourth-order valence-electron chi connectivity index (χ4n) is 2.48. The zero-order valence-electron chi connectivity index (χ0n) is 15.3. The monoisotopic (exact) mass is 382 g/mol. The van der Waals surface area contributed by atoms with E-state index < -0.39 is 17.8 Å². The van der Waals surface area contributed by atoms with Gasteiger partial charge in [0.1, 0.15) is 5.76 Å². The summed E-state index contributed by atoms with van der Waals surface area (Å²) in [6.45, 7) is 0.199. The fourth-order valence-corrected chi connectivity index (χ4v) is 2.48. The Morgan fingerprint density at radius 2 is 1.82 bits per heavy atom. The van der Waals surface area contributed by atoms with Crippen molar-refractivity contribution in [3.63, 3.8) is 0 Å². The Labute approximate surface area is 160 Å². The molecule has 3 aromatic rings. The first kappa shape index (κ1) is 18.9. The summed E-state index contributed by atoms with van der Waals surface area (Å²) in [6.07, 6.45) is 3.04. The van der Waals surface area contributed by atoms with Crippen LogP contribution in [0.1, 0.15) is 37.0 Å². The number of rotatable bonds is 6. The number of nitrogens with one attached hydrogen (secondary N) is 2. The van der Waals surface area contributed by atoms with E-state index in [0.717, 1.165) is 0 Å². The van der Waals surface area contributed by atoms with Gasteiger partial charge in [0.05, 0.1) is 31.2 Å². The Bertz CT molecular complexity index is 990. The largest absolute Gasteiger partial charge is 0.467 e. The smallest absolute Gasteiger partial charge is 0.337 e. The van der Waals surface area contributed by atoms with Crippen LogP contribution in [0.2, 0.25) is 0 Å². The van der Waals surface area contributed by atoms with Crippen LogP contribution in [0.25, 0.3) is 0 Å². The van der Waals surface area contributed by atoms with E-state index in [0.29, 0.717) is 16.9 Å². The standard InChI is InChI=1S/C19H18N4O5/c1-23-11-15(16(22-23)18(25)20-10-14-4-3-9-28-14)21-17(24)12-5-7-13(8-6-12)19(26)27-2/h3-9,11H,10H2,1-2H3,(H,20,25)(H,21,24). The molecule has 1 aromatic carbocycles. The first-order chi connectivity index (χ1) is 13.5. The molecule has 0 aliphatic heterocycles. The fraction of sp³-hybridized carbons (Fsp3) is 0.158. The number of hydrogen-bond donors (Lipinski definition) is 2. The molecule has 3 rings (SSSR count). The number of carbonyl (C=O) groups is 3. The first-order valence-electron chi connectivity index (χ1n) is 8.32. The van der Waals surface area contributed by atoms with E-state index in [-0.39, 0.29) is 17.9 Å². The molecule has 0 spiro atoms. The summed E-state index contributed by atoms with van der Waals surface area (Å²) in [7, 11) is 2.92. The number of aryl methyl sites for hydroxylation is 1. The second-order valence-electron chi connectivity index (χ2n) is 5.85. The topological polar surface area (TPSA) is 115 Å². The van der Waals surface area contributed by atoms with Crippen molar-refractivity contribution in [3.8, 4) is 0 Å². The van der Waals surface area contributed by atoms with Crippen molar-refractivity contribution < 1.29 is 23.5 Å². The molecule has 2 aromatic heterocycles. The Morgan fingerprint density at radius 3 is 2.46 bits per heavy atom. The number of nitrogens with zero attached hydrogens (tertiary/aromatic N) is 2. The predicted octanol–water partition coefficient (Wildman–Crippen LogP) is 1.98. The minimum Gasteiger partial charge on any atom is -0.467 e. The number of methoxy groups -OCH3 is 1. The lowest BCUT2D eigenvalue weighted by Gasteiger charge is -2.06. The minimum atomic E-state index is -0.491. The van der Waals surface area contributed by atoms with Gasteiger partial charge in [-0.25, -0.2) is 4.79 Å². The number of ether oxygens (including phenoxy) is 1. The lowest BCUT2D eigenvalue weighted by Crippen LogP contribution is -2.25. The van der Waals surface area contributed by atoms with Gasteiger partial charge < -0.3 is 19.8 Å². The van der Waals surface area contributed by atoms with Gasteiger partial charge in [0.25, 0.3) is 11.8 Å². The quantitative estimate of drug-likeness (QED) is 0.630. The molecular formula is C19H18N4O5. The molecule has 0 fully saturated rings. The Balaban J connectivity index is 1.70. The van der Waals surface area contributed by atoms with Gasteiger partial charge in [-0.15, -0.1) is 0 Å². The van der Waals surface area contributed by atoms with Crippen LogP contribution in [0, 0.1) is 0 Å². The van der Waals surface area contributed by atoms with Gasteiger partial charge in [-0.05, 0) is 36.4 Å². The van der Waals surface area contributed by atoms with Crippen molar-refractivity contribution in [3.05, 3.63) is 71.4 Å². The molecule has 0 radical (unpaired) electrons. The Kier molecular flexibility index (Phi) is 5.54. The van der Waals surface area contributed by atoms with Gasteiger partial charge >= 0.3 is 5.97 Å². The molecule has 0 aliphatic carbocycles. The van der Waals surface area contributed by atoms with Gasteiger partial charge in [0.2, 0.25) is 0 Å². The van der Waals surface area contributed by atoms with Gasteiger partial charge in [-0.2, -0.15) is 5.10 Å². The molecule has 0 atom stereocenters. The highest BCUT2D eigenvalue weighted by Gasteiger charge is 2.19. The van der Waals surface area contributed by atoms with E-state index in [4.69, 9.17) is 4.42 Å². The molecule has 0 aliphatic rings. The zero-order chi connectivity index (χ0) is 20.1. The molecule has 2 heterocycles. The van der Waals surface area contributed by atoms with Crippen molar-refractivity contribution in [2.45, 2.75) is 6.54 Å². The zero-order valence-corrected chi connectivity index (χ0v) is 15.3. The van der Waals surface area contributed by atoms with Crippen molar-refractivity contribution in [2.24, 2.45) is 7.05 Å². The molecule has 2 N–H and O–H groups in total. The van der Waals surface area contributed by atoms with Gasteiger partial charge in [0, 0.05) is 18.8 Å². The third-order valence-corrected chi connectivity index (χ3v) is 3.86. The highest BCUT2D eigenvalue weighted by molar-refractivity contribution is 6.08. The molecule has 0 unspecified atom stereocenters. The Hall–Kier alpha value is -3.88. The van der Waals surface area contributed by atoms with Crippen LogP contribution in [0.3, 0.4) is 0 Å². The van der Waals surface area contributed by atoms with Crippen molar-refractivity contribution in [1.82, 2.24) is 15.1 Å². The highest BCUT2D eigenvalue weighted by Crippen LogP contribution is 2.16. The number of aromatic nitrogens is 2. The summed E-state index contributed by atoms with van der Waals surface area (Å²) < 4.78 is 11.2. The van der Waals surface area contributed by atoms with Crippen molar-refractivity contribution in [1.29, 1.82) is 0 Å². The van der Waals surface area contributed by atoms with Crippen LogP contribution in [0.4, 0.5) is 5.69 Å². The number of esters is 1. The van der Waals surface area contributed by atoms with Crippen LogP contribution in [-0.2, 0) is 18.3 Å². The van der Waals surface area contributed by atoms with Crippen molar-refractivity contribution >= 4 is 23.5 Å². The molecule has 0 saturated heterocycles. The molecule has 28 heavy (non-hydrogen) atoms. The average Bonchev–Trinajstić information content (AvgIpc) is 3.35. The second-order valence-corrected chi connectivity index (χ2v) is 5.85. The Morgan fingerprint density at radius 1 is 1.11 bits per heavy atom. The summed E-state index contributed by atoms with van der Waals surface area (Å²) >= 11 is 0. The summed E-state index contributed by atoms with van der Waals surface area (Å²) in [6, 6.07) is 9.42. The summed E-state index contributed by atoms with van der Waals surface area (Å²) in [5.74, 6) is -0.784. The van der Waals surface area contributed by atoms with E-state index in [1.807, 2.05) is 0 Å².